The highest BCUT2D eigenvalue weighted by Crippen LogP contribution is 2.29. The monoisotopic (exact) mass is 376 g/mol. The van der Waals surface area contributed by atoms with Gasteiger partial charge in [-0.25, -0.2) is 4.98 Å². The van der Waals surface area contributed by atoms with Crippen LogP contribution in [0.3, 0.4) is 0 Å². The third-order valence-electron chi connectivity index (χ3n) is 5.41. The van der Waals surface area contributed by atoms with Crippen LogP contribution in [-0.4, -0.2) is 34.0 Å². The number of carbonyl (C=O) groups is 2. The smallest absolute Gasteiger partial charge is 0.239 e. The molecule has 6 heteroatoms. The molecule has 3 aromatic rings. The lowest BCUT2D eigenvalue weighted by Gasteiger charge is -2.22. The van der Waals surface area contributed by atoms with E-state index >= 15 is 0 Å². The number of benzene rings is 2. The normalized spacial score (nSPS) is 18.9. The number of nitrogens with zero attached hydrogens (tertiary/aromatic N) is 2. The van der Waals surface area contributed by atoms with Crippen molar-refractivity contribution in [3.63, 3.8) is 0 Å². The summed E-state index contributed by atoms with van der Waals surface area (Å²) in [7, 11) is 0. The number of imidazole rings is 1. The molecule has 2 aromatic carbocycles. The Balaban J connectivity index is 1.30. The van der Waals surface area contributed by atoms with Crippen molar-refractivity contribution in [3.8, 4) is 0 Å². The standard InChI is InChI=1S/C22H24N4O2/c27-21(13-17-7-3-6-16-5-1-2-8-18(16)17)24-14-22(28)25-19-9-4-10-20(19)26-12-11-23-15-26/h1-3,5-8,11-12,15,19-20H,4,9-10,13-14H2,(H,24,27)(H,25,28). The van der Waals surface area contributed by atoms with E-state index in [0.29, 0.717) is 0 Å². The van der Waals surface area contributed by atoms with E-state index in [1.165, 1.54) is 0 Å². The van der Waals surface area contributed by atoms with Crippen LogP contribution in [0.2, 0.25) is 0 Å². The maximum Gasteiger partial charge on any atom is 0.239 e. The van der Waals surface area contributed by atoms with Crippen LogP contribution in [-0.2, 0) is 16.0 Å². The maximum absolute atomic E-state index is 12.3. The molecular formula is C22H24N4O2. The van der Waals surface area contributed by atoms with Gasteiger partial charge in [-0.2, -0.15) is 0 Å². The van der Waals surface area contributed by atoms with Gasteiger partial charge in [0.2, 0.25) is 11.8 Å². The Morgan fingerprint density at radius 3 is 2.79 bits per heavy atom. The highest BCUT2D eigenvalue weighted by atomic mass is 16.2. The van der Waals surface area contributed by atoms with Crippen LogP contribution < -0.4 is 10.6 Å². The molecule has 1 aromatic heterocycles. The van der Waals surface area contributed by atoms with E-state index in [1.807, 2.05) is 48.7 Å². The Labute approximate surface area is 164 Å². The van der Waals surface area contributed by atoms with Gasteiger partial charge in [0, 0.05) is 18.4 Å². The van der Waals surface area contributed by atoms with E-state index < -0.39 is 0 Å². The van der Waals surface area contributed by atoms with Gasteiger partial charge < -0.3 is 15.2 Å². The fourth-order valence-electron chi connectivity index (χ4n) is 4.05. The summed E-state index contributed by atoms with van der Waals surface area (Å²) in [5.41, 5.74) is 0.965. The van der Waals surface area contributed by atoms with Crippen LogP contribution in [0, 0.1) is 0 Å². The van der Waals surface area contributed by atoms with E-state index in [-0.39, 0.29) is 36.9 Å². The summed E-state index contributed by atoms with van der Waals surface area (Å²) in [4.78, 5) is 28.8. The van der Waals surface area contributed by atoms with Crippen LogP contribution in [0.1, 0.15) is 30.9 Å². The summed E-state index contributed by atoms with van der Waals surface area (Å²) in [6.07, 6.45) is 8.77. The number of amides is 2. The molecule has 0 bridgehead atoms. The van der Waals surface area contributed by atoms with Crippen LogP contribution >= 0.6 is 0 Å². The fraction of sp³-hybridized carbons (Fsp3) is 0.318. The fourth-order valence-corrected chi connectivity index (χ4v) is 4.05. The average Bonchev–Trinajstić information content (AvgIpc) is 3.38. The minimum Gasteiger partial charge on any atom is -0.350 e. The summed E-state index contributed by atoms with van der Waals surface area (Å²) in [5, 5.41) is 7.99. The van der Waals surface area contributed by atoms with Gasteiger partial charge >= 0.3 is 0 Å². The van der Waals surface area contributed by atoms with Gasteiger partial charge in [0.1, 0.15) is 0 Å². The predicted molar refractivity (Wildman–Crippen MR) is 108 cm³/mol. The Morgan fingerprint density at radius 1 is 1.07 bits per heavy atom. The van der Waals surface area contributed by atoms with Crippen molar-refractivity contribution >= 4 is 22.6 Å². The summed E-state index contributed by atoms with van der Waals surface area (Å²) >= 11 is 0. The van der Waals surface area contributed by atoms with Gasteiger partial charge in [-0.1, -0.05) is 42.5 Å². The van der Waals surface area contributed by atoms with Crippen molar-refractivity contribution in [1.29, 1.82) is 0 Å². The number of nitrogens with one attached hydrogen (secondary N) is 2. The Kier molecular flexibility index (Phi) is 5.37. The van der Waals surface area contributed by atoms with Crippen molar-refractivity contribution in [2.45, 2.75) is 37.8 Å². The molecule has 0 spiro atoms. The van der Waals surface area contributed by atoms with E-state index in [0.717, 1.165) is 35.6 Å². The van der Waals surface area contributed by atoms with Crippen molar-refractivity contribution in [2.24, 2.45) is 0 Å². The Hall–Kier alpha value is -3.15. The highest BCUT2D eigenvalue weighted by Gasteiger charge is 2.29. The van der Waals surface area contributed by atoms with Crippen molar-refractivity contribution < 1.29 is 9.59 Å². The molecule has 144 valence electrons. The number of hydrogen-bond acceptors (Lipinski definition) is 3. The van der Waals surface area contributed by atoms with Gasteiger partial charge in [0.15, 0.2) is 0 Å². The van der Waals surface area contributed by atoms with Crippen LogP contribution in [0.5, 0.6) is 0 Å². The zero-order valence-corrected chi connectivity index (χ0v) is 15.7. The number of rotatable bonds is 6. The van der Waals surface area contributed by atoms with Gasteiger partial charge in [-0.05, 0) is 35.6 Å². The highest BCUT2D eigenvalue weighted by molar-refractivity contribution is 5.91. The van der Waals surface area contributed by atoms with Crippen LogP contribution in [0.15, 0.2) is 61.2 Å². The molecule has 6 nitrogen and oxygen atoms in total. The van der Waals surface area contributed by atoms with Gasteiger partial charge in [0.05, 0.1) is 25.3 Å². The van der Waals surface area contributed by atoms with Crippen molar-refractivity contribution in [1.82, 2.24) is 20.2 Å². The number of aromatic nitrogens is 2. The lowest BCUT2D eigenvalue weighted by atomic mass is 10.0. The van der Waals surface area contributed by atoms with Crippen LogP contribution in [0.25, 0.3) is 10.8 Å². The van der Waals surface area contributed by atoms with E-state index in [1.54, 1.807) is 12.5 Å². The molecule has 1 saturated carbocycles. The molecule has 1 heterocycles. The molecule has 1 fully saturated rings. The molecule has 1 aliphatic carbocycles. The molecule has 2 N–H and O–H groups in total. The molecule has 2 amide bonds. The van der Waals surface area contributed by atoms with Crippen LogP contribution in [0.4, 0.5) is 0 Å². The molecule has 2 unspecified atom stereocenters. The first-order chi connectivity index (χ1) is 13.7. The zero-order chi connectivity index (χ0) is 19.3. The van der Waals surface area contributed by atoms with Crippen molar-refractivity contribution in [2.75, 3.05) is 6.54 Å². The first-order valence-electron chi connectivity index (χ1n) is 9.71. The van der Waals surface area contributed by atoms with E-state index in [9.17, 15) is 9.59 Å². The predicted octanol–water partition coefficient (Wildman–Crippen LogP) is 2.61. The molecule has 4 rings (SSSR count). The molecule has 0 aliphatic heterocycles. The Bertz CT molecular complexity index is 962. The van der Waals surface area contributed by atoms with Gasteiger partial charge in [0.25, 0.3) is 0 Å². The maximum atomic E-state index is 12.3. The second-order valence-electron chi connectivity index (χ2n) is 7.27. The molecule has 0 saturated heterocycles. The zero-order valence-electron chi connectivity index (χ0n) is 15.7. The second-order valence-corrected chi connectivity index (χ2v) is 7.27. The number of carbonyl (C=O) groups excluding carboxylic acids is 2. The quantitative estimate of drug-likeness (QED) is 0.694. The lowest BCUT2D eigenvalue weighted by Crippen LogP contribution is -2.44. The summed E-state index contributed by atoms with van der Waals surface area (Å²) < 4.78 is 2.05. The molecular weight excluding hydrogens is 352 g/mol. The molecule has 28 heavy (non-hydrogen) atoms. The first-order valence-corrected chi connectivity index (χ1v) is 9.71. The summed E-state index contributed by atoms with van der Waals surface area (Å²) in [6, 6.07) is 14.2. The molecule has 0 radical (unpaired) electrons. The number of fused-ring (bicyclic) bond motifs is 1. The second kappa shape index (κ2) is 8.25. The van der Waals surface area contributed by atoms with E-state index in [2.05, 4.69) is 20.2 Å². The summed E-state index contributed by atoms with van der Waals surface area (Å²) in [6.45, 7) is -0.00323. The number of hydrogen-bond donors (Lipinski definition) is 2. The topological polar surface area (TPSA) is 76.0 Å². The van der Waals surface area contributed by atoms with Crippen molar-refractivity contribution in [3.05, 3.63) is 66.7 Å². The largest absolute Gasteiger partial charge is 0.350 e. The van der Waals surface area contributed by atoms with Gasteiger partial charge in [-0.15, -0.1) is 0 Å². The summed E-state index contributed by atoms with van der Waals surface area (Å²) in [5.74, 6) is -0.299. The third-order valence-corrected chi connectivity index (χ3v) is 5.41. The first kappa shape index (κ1) is 18.2. The SMILES string of the molecule is O=C(Cc1cccc2ccccc12)NCC(=O)NC1CCCC1n1ccnc1. The minimum absolute atomic E-state index is 0.00323. The van der Waals surface area contributed by atoms with Gasteiger partial charge in [-0.3, -0.25) is 9.59 Å². The minimum atomic E-state index is -0.150. The average molecular weight is 376 g/mol. The van der Waals surface area contributed by atoms with E-state index in [4.69, 9.17) is 0 Å². The molecule has 2 atom stereocenters. The Morgan fingerprint density at radius 2 is 1.93 bits per heavy atom. The molecule has 1 aliphatic rings. The third kappa shape index (κ3) is 4.06. The lowest BCUT2D eigenvalue weighted by molar-refractivity contribution is -0.126.